The lowest BCUT2D eigenvalue weighted by molar-refractivity contribution is -0.900. The molecule has 1 fully saturated rings. The second kappa shape index (κ2) is 10.8. The van der Waals surface area contributed by atoms with Crippen LogP contribution in [0.1, 0.15) is 11.1 Å². The van der Waals surface area contributed by atoms with Gasteiger partial charge in [0.15, 0.2) is 12.3 Å². The summed E-state index contributed by atoms with van der Waals surface area (Å²) in [6, 6.07) is 10.7. The van der Waals surface area contributed by atoms with E-state index >= 15 is 0 Å². The first-order chi connectivity index (χ1) is 14.0. The van der Waals surface area contributed by atoms with E-state index in [2.05, 4.69) is 10.5 Å². The summed E-state index contributed by atoms with van der Waals surface area (Å²) in [4.78, 5) is 13.1. The summed E-state index contributed by atoms with van der Waals surface area (Å²) in [5.74, 6) is 0.235. The van der Waals surface area contributed by atoms with Gasteiger partial charge in [0.2, 0.25) is 0 Å². The zero-order chi connectivity index (χ0) is 20.6. The van der Waals surface area contributed by atoms with E-state index in [0.717, 1.165) is 18.7 Å². The molecule has 1 saturated heterocycles. The molecular weight excluding hydrogens is 437 g/mol. The molecule has 1 heterocycles. The van der Waals surface area contributed by atoms with Gasteiger partial charge in [0, 0.05) is 5.02 Å². The number of morpholine rings is 1. The van der Waals surface area contributed by atoms with Gasteiger partial charge in [-0.3, -0.25) is 4.79 Å². The predicted octanol–water partition coefficient (Wildman–Crippen LogP) is 2.59. The first-order valence-corrected chi connectivity index (χ1v) is 10.2. The number of halogens is 3. The minimum absolute atomic E-state index is 0.154. The molecule has 29 heavy (non-hydrogen) atoms. The van der Waals surface area contributed by atoms with Crippen LogP contribution in [0.15, 0.2) is 41.5 Å². The van der Waals surface area contributed by atoms with E-state index in [1.165, 1.54) is 11.1 Å². The normalized spacial score (nSPS) is 14.9. The quantitative estimate of drug-likeness (QED) is 0.496. The minimum atomic E-state index is -0.154. The third-order valence-electron chi connectivity index (χ3n) is 4.33. The fourth-order valence-corrected chi connectivity index (χ4v) is 3.55. The summed E-state index contributed by atoms with van der Waals surface area (Å²) in [5, 5.41) is 5.36. The number of hydrogen-bond acceptors (Lipinski definition) is 4. The molecule has 0 atom stereocenters. The molecule has 0 saturated carbocycles. The maximum Gasteiger partial charge on any atom is 0.295 e. The molecule has 1 aliphatic heterocycles. The molecular formula is C20H21Cl3N3O3+. The summed E-state index contributed by atoms with van der Waals surface area (Å²) < 4.78 is 11.0. The smallest absolute Gasteiger partial charge is 0.295 e. The Morgan fingerprint density at radius 3 is 2.45 bits per heavy atom. The fraction of sp³-hybridized carbons (Fsp3) is 0.300. The van der Waals surface area contributed by atoms with E-state index in [0.29, 0.717) is 52.7 Å². The Labute approximate surface area is 184 Å². The lowest BCUT2D eigenvalue weighted by Gasteiger charge is -2.22. The maximum absolute atomic E-state index is 12.0. The summed E-state index contributed by atoms with van der Waals surface area (Å²) >= 11 is 18.5. The summed E-state index contributed by atoms with van der Waals surface area (Å²) in [7, 11) is 0. The van der Waals surface area contributed by atoms with E-state index < -0.39 is 0 Å². The Kier molecular flexibility index (Phi) is 8.15. The number of carbonyl (C=O) groups is 1. The highest BCUT2D eigenvalue weighted by molar-refractivity contribution is 6.37. The third kappa shape index (κ3) is 6.87. The van der Waals surface area contributed by atoms with Gasteiger partial charge in [-0.15, -0.1) is 0 Å². The van der Waals surface area contributed by atoms with Crippen LogP contribution >= 0.6 is 34.8 Å². The summed E-state index contributed by atoms with van der Waals surface area (Å²) in [6.45, 7) is 3.66. The van der Waals surface area contributed by atoms with Gasteiger partial charge in [-0.05, 0) is 35.4 Å². The number of nitrogens with one attached hydrogen (secondary N) is 2. The van der Waals surface area contributed by atoms with Crippen LogP contribution in [0.25, 0.3) is 0 Å². The first-order valence-electron chi connectivity index (χ1n) is 9.11. The number of hydrazone groups is 1. The van der Waals surface area contributed by atoms with Gasteiger partial charge in [0.25, 0.3) is 5.91 Å². The van der Waals surface area contributed by atoms with Gasteiger partial charge in [0.05, 0.1) is 29.5 Å². The molecule has 0 bridgehead atoms. The van der Waals surface area contributed by atoms with Crippen molar-refractivity contribution in [2.75, 3.05) is 32.8 Å². The van der Waals surface area contributed by atoms with Gasteiger partial charge in [-0.25, -0.2) is 5.43 Å². The molecule has 0 aromatic heterocycles. The number of carbonyl (C=O) groups excluding carboxylic acids is 1. The molecule has 2 aromatic rings. The Morgan fingerprint density at radius 2 is 1.79 bits per heavy atom. The van der Waals surface area contributed by atoms with Crippen LogP contribution in [0.3, 0.4) is 0 Å². The van der Waals surface area contributed by atoms with Gasteiger partial charge >= 0.3 is 0 Å². The standard InChI is InChI=1S/C20H20Cl3N3O3/c21-16-3-1-14(2-4-16)13-29-20-17(22)9-15(10-18(20)23)11-24-25-19(27)12-26-5-7-28-8-6-26/h1-4,9-11H,5-8,12-13H2,(H,25,27)/p+1. The van der Waals surface area contributed by atoms with Crippen molar-refractivity contribution < 1.29 is 19.2 Å². The molecule has 0 aliphatic carbocycles. The van der Waals surface area contributed by atoms with Gasteiger partial charge < -0.3 is 14.4 Å². The minimum Gasteiger partial charge on any atom is -0.486 e. The molecule has 2 aromatic carbocycles. The van der Waals surface area contributed by atoms with Crippen LogP contribution in [0.5, 0.6) is 5.75 Å². The van der Waals surface area contributed by atoms with Crippen LogP contribution in [0.2, 0.25) is 15.1 Å². The van der Waals surface area contributed by atoms with Gasteiger partial charge in [-0.2, -0.15) is 5.10 Å². The molecule has 0 radical (unpaired) electrons. The molecule has 0 spiro atoms. The maximum atomic E-state index is 12.0. The van der Waals surface area contributed by atoms with Gasteiger partial charge in [0.1, 0.15) is 19.7 Å². The average Bonchev–Trinajstić information content (AvgIpc) is 2.69. The number of ether oxygens (including phenoxy) is 2. The first kappa shape index (κ1) is 21.9. The Balaban J connectivity index is 1.54. The highest BCUT2D eigenvalue weighted by Crippen LogP contribution is 2.34. The second-order valence-corrected chi connectivity index (χ2v) is 7.81. The topological polar surface area (TPSA) is 64.4 Å². The second-order valence-electron chi connectivity index (χ2n) is 6.56. The number of hydrogen-bond donors (Lipinski definition) is 2. The van der Waals surface area contributed by atoms with E-state index in [-0.39, 0.29) is 5.91 Å². The highest BCUT2D eigenvalue weighted by atomic mass is 35.5. The van der Waals surface area contributed by atoms with Crippen molar-refractivity contribution in [1.29, 1.82) is 0 Å². The Hall–Kier alpha value is -1.83. The van der Waals surface area contributed by atoms with Crippen LogP contribution in [-0.2, 0) is 16.1 Å². The lowest BCUT2D eigenvalue weighted by atomic mass is 10.2. The van der Waals surface area contributed by atoms with Crippen molar-refractivity contribution >= 4 is 46.9 Å². The van der Waals surface area contributed by atoms with E-state index in [1.807, 2.05) is 12.1 Å². The lowest BCUT2D eigenvalue weighted by Crippen LogP contribution is -3.15. The zero-order valence-corrected chi connectivity index (χ0v) is 17.9. The van der Waals surface area contributed by atoms with E-state index in [4.69, 9.17) is 44.3 Å². The molecule has 154 valence electrons. The van der Waals surface area contributed by atoms with E-state index in [9.17, 15) is 4.79 Å². The molecule has 6 nitrogen and oxygen atoms in total. The van der Waals surface area contributed by atoms with Crippen molar-refractivity contribution in [1.82, 2.24) is 5.43 Å². The van der Waals surface area contributed by atoms with Crippen LogP contribution < -0.4 is 15.1 Å². The van der Waals surface area contributed by atoms with Crippen molar-refractivity contribution in [2.45, 2.75) is 6.61 Å². The van der Waals surface area contributed by atoms with Crippen molar-refractivity contribution in [3.63, 3.8) is 0 Å². The van der Waals surface area contributed by atoms with Crippen molar-refractivity contribution in [2.24, 2.45) is 5.10 Å². The SMILES string of the molecule is O=C(C[NH+]1CCOCC1)NN=Cc1cc(Cl)c(OCc2ccc(Cl)cc2)c(Cl)c1. The average molecular weight is 458 g/mol. The molecule has 1 aliphatic rings. The summed E-state index contributed by atoms with van der Waals surface area (Å²) in [5.41, 5.74) is 4.12. The number of quaternary nitrogens is 1. The molecule has 0 unspecified atom stereocenters. The van der Waals surface area contributed by atoms with Crippen LogP contribution in [-0.4, -0.2) is 45.0 Å². The number of nitrogens with zero attached hydrogens (tertiary/aromatic N) is 1. The molecule has 9 heteroatoms. The van der Waals surface area contributed by atoms with Crippen molar-refractivity contribution in [3.05, 3.63) is 62.6 Å². The molecule has 1 amide bonds. The molecule has 2 N–H and O–H groups in total. The van der Waals surface area contributed by atoms with Crippen LogP contribution in [0.4, 0.5) is 0 Å². The largest absolute Gasteiger partial charge is 0.486 e. The zero-order valence-electron chi connectivity index (χ0n) is 15.6. The number of amides is 1. The predicted molar refractivity (Wildman–Crippen MR) is 114 cm³/mol. The number of rotatable bonds is 7. The van der Waals surface area contributed by atoms with E-state index in [1.54, 1.807) is 24.3 Å². The molecule has 3 rings (SSSR count). The fourth-order valence-electron chi connectivity index (χ4n) is 2.81. The monoisotopic (exact) mass is 456 g/mol. The third-order valence-corrected chi connectivity index (χ3v) is 5.14. The summed E-state index contributed by atoms with van der Waals surface area (Å²) in [6.07, 6.45) is 1.49. The van der Waals surface area contributed by atoms with Crippen molar-refractivity contribution in [3.8, 4) is 5.75 Å². The number of benzene rings is 2. The van der Waals surface area contributed by atoms with Crippen LogP contribution in [0, 0.1) is 0 Å². The Morgan fingerprint density at radius 1 is 1.14 bits per heavy atom. The van der Waals surface area contributed by atoms with Gasteiger partial charge in [-0.1, -0.05) is 46.9 Å². The highest BCUT2D eigenvalue weighted by Gasteiger charge is 2.17. The Bertz CT molecular complexity index is 846.